The summed E-state index contributed by atoms with van der Waals surface area (Å²) in [6, 6.07) is 8.73. The molecule has 3 rings (SSSR count). The number of hydrogen-bond donors (Lipinski definition) is 0. The van der Waals surface area contributed by atoms with Gasteiger partial charge in [0.1, 0.15) is 0 Å². The zero-order chi connectivity index (χ0) is 22.7. The quantitative estimate of drug-likeness (QED) is 0.474. The number of methoxy groups -OCH3 is 1. The summed E-state index contributed by atoms with van der Waals surface area (Å²) in [7, 11) is 2.88. The SMILES string of the molecule is C=CCN1C(=O)c2ccc(C(=O)N(C)Cc3ccc(OC(F)F)c(OC)c3)cc2C1=O. The van der Waals surface area contributed by atoms with Crippen LogP contribution in [-0.2, 0) is 6.54 Å². The van der Waals surface area contributed by atoms with Gasteiger partial charge in [-0.3, -0.25) is 19.3 Å². The summed E-state index contributed by atoms with van der Waals surface area (Å²) in [6.07, 6.45) is 1.45. The first-order valence-corrected chi connectivity index (χ1v) is 9.25. The molecule has 0 radical (unpaired) electrons. The number of rotatable bonds is 8. The Kier molecular flexibility index (Phi) is 6.33. The van der Waals surface area contributed by atoms with Crippen molar-refractivity contribution in [2.24, 2.45) is 0 Å². The molecule has 0 fully saturated rings. The Labute approximate surface area is 177 Å². The summed E-state index contributed by atoms with van der Waals surface area (Å²) < 4.78 is 34.4. The molecule has 31 heavy (non-hydrogen) atoms. The fourth-order valence-electron chi connectivity index (χ4n) is 3.29. The molecule has 9 heteroatoms. The maximum atomic E-state index is 12.9. The molecule has 0 N–H and O–H groups in total. The van der Waals surface area contributed by atoms with Gasteiger partial charge in [0, 0.05) is 25.7 Å². The molecule has 2 aromatic rings. The normalized spacial score (nSPS) is 12.7. The number of ether oxygens (including phenoxy) is 2. The van der Waals surface area contributed by atoms with Crippen molar-refractivity contribution < 1.29 is 32.6 Å². The van der Waals surface area contributed by atoms with Crippen LogP contribution in [0.5, 0.6) is 11.5 Å². The second-order valence-electron chi connectivity index (χ2n) is 6.79. The number of hydrogen-bond acceptors (Lipinski definition) is 5. The molecule has 0 unspecified atom stereocenters. The first-order chi connectivity index (χ1) is 14.8. The van der Waals surface area contributed by atoms with E-state index in [1.54, 1.807) is 13.1 Å². The van der Waals surface area contributed by atoms with E-state index < -0.39 is 18.4 Å². The lowest BCUT2D eigenvalue weighted by atomic mass is 10.0. The molecule has 3 amide bonds. The third kappa shape index (κ3) is 4.40. The molecule has 0 saturated carbocycles. The monoisotopic (exact) mass is 430 g/mol. The molecule has 0 spiro atoms. The van der Waals surface area contributed by atoms with Crippen LogP contribution in [0.2, 0.25) is 0 Å². The van der Waals surface area contributed by atoms with Crippen LogP contribution in [0.3, 0.4) is 0 Å². The number of nitrogens with zero attached hydrogens (tertiary/aromatic N) is 2. The predicted octanol–water partition coefficient (Wildman–Crippen LogP) is 3.35. The number of amides is 3. The Morgan fingerprint density at radius 3 is 2.48 bits per heavy atom. The fourth-order valence-corrected chi connectivity index (χ4v) is 3.29. The molecule has 0 atom stereocenters. The van der Waals surface area contributed by atoms with Gasteiger partial charge < -0.3 is 14.4 Å². The van der Waals surface area contributed by atoms with Crippen LogP contribution in [0.25, 0.3) is 0 Å². The smallest absolute Gasteiger partial charge is 0.387 e. The molecule has 0 saturated heterocycles. The topological polar surface area (TPSA) is 76.2 Å². The maximum absolute atomic E-state index is 12.9. The molecule has 2 aromatic carbocycles. The number of benzene rings is 2. The van der Waals surface area contributed by atoms with Crippen LogP contribution in [-0.4, -0.2) is 54.8 Å². The van der Waals surface area contributed by atoms with E-state index >= 15 is 0 Å². The molecule has 0 aliphatic carbocycles. The Bertz CT molecular complexity index is 1050. The lowest BCUT2D eigenvalue weighted by molar-refractivity contribution is -0.0512. The standard InChI is InChI=1S/C22H20F2N2O5/c1-4-9-26-20(28)15-7-6-14(11-16(15)21(26)29)19(27)25(2)12-13-5-8-17(31-22(23)24)18(10-13)30-3/h4-8,10-11,22H,1,9,12H2,2-3H3. The van der Waals surface area contributed by atoms with Crippen LogP contribution in [0.4, 0.5) is 8.78 Å². The highest BCUT2D eigenvalue weighted by Gasteiger charge is 2.35. The van der Waals surface area contributed by atoms with Gasteiger partial charge in [0.05, 0.1) is 18.2 Å². The molecule has 1 aliphatic rings. The Balaban J connectivity index is 1.78. The zero-order valence-electron chi connectivity index (χ0n) is 16.9. The second-order valence-corrected chi connectivity index (χ2v) is 6.79. The number of carbonyl (C=O) groups is 3. The van der Waals surface area contributed by atoms with Gasteiger partial charge in [-0.2, -0.15) is 8.78 Å². The lowest BCUT2D eigenvalue weighted by Gasteiger charge is -2.19. The van der Waals surface area contributed by atoms with E-state index in [-0.39, 0.29) is 47.2 Å². The van der Waals surface area contributed by atoms with Gasteiger partial charge in [-0.15, -0.1) is 6.58 Å². The van der Waals surface area contributed by atoms with Gasteiger partial charge in [0.25, 0.3) is 17.7 Å². The third-order valence-corrected chi connectivity index (χ3v) is 4.74. The minimum atomic E-state index is -2.99. The molecular weight excluding hydrogens is 410 g/mol. The first-order valence-electron chi connectivity index (χ1n) is 9.25. The van der Waals surface area contributed by atoms with Crippen molar-refractivity contribution in [3.63, 3.8) is 0 Å². The molecule has 7 nitrogen and oxygen atoms in total. The summed E-state index contributed by atoms with van der Waals surface area (Å²) in [6.45, 7) is 0.786. The van der Waals surface area contributed by atoms with E-state index in [1.165, 1.54) is 48.4 Å². The lowest BCUT2D eigenvalue weighted by Crippen LogP contribution is -2.29. The van der Waals surface area contributed by atoms with Crippen LogP contribution in [0, 0.1) is 0 Å². The van der Waals surface area contributed by atoms with Crippen molar-refractivity contribution in [2.45, 2.75) is 13.2 Å². The van der Waals surface area contributed by atoms with Crippen LogP contribution in [0.15, 0.2) is 49.1 Å². The minimum Gasteiger partial charge on any atom is -0.493 e. The van der Waals surface area contributed by atoms with Crippen LogP contribution >= 0.6 is 0 Å². The summed E-state index contributed by atoms with van der Waals surface area (Å²) in [5, 5.41) is 0. The molecule has 1 heterocycles. The van der Waals surface area contributed by atoms with Gasteiger partial charge in [-0.25, -0.2) is 0 Å². The Hall–Kier alpha value is -3.75. The second kappa shape index (κ2) is 8.95. The number of fused-ring (bicyclic) bond motifs is 1. The van der Waals surface area contributed by atoms with Gasteiger partial charge in [-0.05, 0) is 35.9 Å². The molecule has 0 bridgehead atoms. The number of carbonyl (C=O) groups excluding carboxylic acids is 3. The minimum absolute atomic E-state index is 0.0859. The van der Waals surface area contributed by atoms with Gasteiger partial charge in [-0.1, -0.05) is 12.1 Å². The van der Waals surface area contributed by atoms with Crippen LogP contribution in [0.1, 0.15) is 36.6 Å². The summed E-state index contributed by atoms with van der Waals surface area (Å²) in [5.74, 6) is -1.28. The Morgan fingerprint density at radius 2 is 1.84 bits per heavy atom. The molecule has 1 aliphatic heterocycles. The zero-order valence-corrected chi connectivity index (χ0v) is 16.9. The average Bonchev–Trinajstić information content (AvgIpc) is 2.98. The molecular formula is C22H20F2N2O5. The summed E-state index contributed by atoms with van der Waals surface area (Å²) >= 11 is 0. The average molecular weight is 430 g/mol. The van der Waals surface area contributed by atoms with Gasteiger partial charge >= 0.3 is 6.61 Å². The maximum Gasteiger partial charge on any atom is 0.387 e. The molecule has 162 valence electrons. The number of halogens is 2. The van der Waals surface area contributed by atoms with Gasteiger partial charge in [0.15, 0.2) is 11.5 Å². The van der Waals surface area contributed by atoms with Crippen molar-refractivity contribution in [1.82, 2.24) is 9.80 Å². The van der Waals surface area contributed by atoms with E-state index in [1.807, 2.05) is 0 Å². The highest BCUT2D eigenvalue weighted by atomic mass is 19.3. The molecule has 0 aromatic heterocycles. The van der Waals surface area contributed by atoms with E-state index in [9.17, 15) is 23.2 Å². The number of imide groups is 1. The van der Waals surface area contributed by atoms with Crippen molar-refractivity contribution in [2.75, 3.05) is 20.7 Å². The third-order valence-electron chi connectivity index (χ3n) is 4.74. The highest BCUT2D eigenvalue weighted by Crippen LogP contribution is 2.30. The van der Waals surface area contributed by atoms with E-state index in [4.69, 9.17) is 4.74 Å². The fraction of sp³-hybridized carbons (Fsp3) is 0.227. The summed E-state index contributed by atoms with van der Waals surface area (Å²) in [5.41, 5.74) is 1.28. The van der Waals surface area contributed by atoms with E-state index in [0.29, 0.717) is 5.56 Å². The Morgan fingerprint density at radius 1 is 1.13 bits per heavy atom. The van der Waals surface area contributed by atoms with Gasteiger partial charge in [0.2, 0.25) is 0 Å². The predicted molar refractivity (Wildman–Crippen MR) is 107 cm³/mol. The van der Waals surface area contributed by atoms with Crippen molar-refractivity contribution in [3.8, 4) is 11.5 Å². The van der Waals surface area contributed by atoms with Crippen molar-refractivity contribution in [1.29, 1.82) is 0 Å². The van der Waals surface area contributed by atoms with Crippen molar-refractivity contribution in [3.05, 3.63) is 71.3 Å². The van der Waals surface area contributed by atoms with E-state index in [0.717, 1.165) is 4.90 Å². The van der Waals surface area contributed by atoms with Crippen molar-refractivity contribution >= 4 is 17.7 Å². The largest absolute Gasteiger partial charge is 0.493 e. The highest BCUT2D eigenvalue weighted by molar-refractivity contribution is 6.22. The number of alkyl halides is 2. The van der Waals surface area contributed by atoms with Crippen LogP contribution < -0.4 is 9.47 Å². The van der Waals surface area contributed by atoms with E-state index in [2.05, 4.69) is 11.3 Å². The first kappa shape index (κ1) is 21.9. The summed E-state index contributed by atoms with van der Waals surface area (Å²) in [4.78, 5) is 40.1.